The second kappa shape index (κ2) is 6.55. The molecular weight excluding hydrogens is 262 g/mol. The highest BCUT2D eigenvalue weighted by Crippen LogP contribution is 2.30. The molecule has 0 aliphatic rings. The number of benzene rings is 2. The molecule has 2 aromatic carbocycles. The number of ether oxygens (including phenoxy) is 1. The summed E-state index contributed by atoms with van der Waals surface area (Å²) in [5, 5.41) is 5.40. The quantitative estimate of drug-likeness (QED) is 0.652. The monoisotopic (exact) mass is 283 g/mol. The molecule has 0 saturated heterocycles. The first kappa shape index (κ1) is 15.3. The van der Waals surface area contributed by atoms with E-state index in [-0.39, 0.29) is 5.97 Å². The van der Waals surface area contributed by atoms with Gasteiger partial charge in [-0.25, -0.2) is 4.79 Å². The zero-order chi connectivity index (χ0) is 15.3. The molecule has 0 aliphatic heterocycles. The summed E-state index contributed by atoms with van der Waals surface area (Å²) in [5.41, 5.74) is 0.0197. The van der Waals surface area contributed by atoms with Gasteiger partial charge in [-0.05, 0) is 30.2 Å². The van der Waals surface area contributed by atoms with Gasteiger partial charge in [-0.3, -0.25) is 5.32 Å². The van der Waals surface area contributed by atoms with Crippen LogP contribution in [0.4, 0.5) is 0 Å². The smallest absolute Gasteiger partial charge is 0.330 e. The normalized spacial score (nSPS) is 13.6. The van der Waals surface area contributed by atoms with Gasteiger partial charge >= 0.3 is 5.97 Å². The van der Waals surface area contributed by atoms with Crippen LogP contribution in [-0.4, -0.2) is 19.1 Å². The van der Waals surface area contributed by atoms with Gasteiger partial charge in [0.25, 0.3) is 0 Å². The fourth-order valence-electron chi connectivity index (χ4n) is 2.49. The molecule has 0 spiro atoms. The molecule has 1 atom stereocenters. The number of nitrogens with one attached hydrogen (secondary N) is 1. The highest BCUT2D eigenvalue weighted by molar-refractivity contribution is 5.93. The minimum absolute atomic E-state index is 0.275. The molecule has 1 N–H and O–H groups in total. The van der Waals surface area contributed by atoms with Gasteiger partial charge < -0.3 is 4.74 Å². The van der Waals surface area contributed by atoms with Crippen LogP contribution in [-0.2, 0) is 15.1 Å². The van der Waals surface area contributed by atoms with Crippen LogP contribution < -0.4 is 5.32 Å². The second-order valence-electron chi connectivity index (χ2n) is 5.04. The summed E-state index contributed by atoms with van der Waals surface area (Å²) in [7, 11) is 0. The largest absolute Gasteiger partial charge is 0.464 e. The van der Waals surface area contributed by atoms with Crippen LogP contribution in [0, 0.1) is 0 Å². The third-order valence-corrected chi connectivity index (χ3v) is 3.61. The first-order valence-electron chi connectivity index (χ1n) is 7.15. The minimum atomic E-state index is -0.898. The zero-order valence-electron chi connectivity index (χ0n) is 12.6. The van der Waals surface area contributed by atoms with E-state index in [1.807, 2.05) is 56.3 Å². The zero-order valence-corrected chi connectivity index (χ0v) is 12.6. The fourth-order valence-corrected chi connectivity index (χ4v) is 2.49. The molecule has 0 amide bonds. The van der Waals surface area contributed by atoms with E-state index in [0.29, 0.717) is 13.2 Å². The van der Waals surface area contributed by atoms with Crippen molar-refractivity contribution in [3.8, 4) is 0 Å². The maximum atomic E-state index is 12.5. The SMILES string of the molecule is C=CCNC(C)(C(=O)OCC)c1cccc2ccccc12. The summed E-state index contributed by atoms with van der Waals surface area (Å²) in [6, 6.07) is 14.0. The van der Waals surface area contributed by atoms with Gasteiger partial charge in [0.1, 0.15) is 5.54 Å². The Kier molecular flexibility index (Phi) is 4.76. The number of carbonyl (C=O) groups excluding carboxylic acids is 1. The van der Waals surface area contributed by atoms with Crippen LogP contribution in [0.15, 0.2) is 55.1 Å². The van der Waals surface area contributed by atoms with Crippen molar-refractivity contribution in [2.24, 2.45) is 0 Å². The fraction of sp³-hybridized carbons (Fsp3) is 0.278. The van der Waals surface area contributed by atoms with Crippen LogP contribution >= 0.6 is 0 Å². The molecule has 0 radical (unpaired) electrons. The van der Waals surface area contributed by atoms with Gasteiger partial charge in [0.05, 0.1) is 6.61 Å². The molecule has 0 aliphatic carbocycles. The Morgan fingerprint density at radius 2 is 2.00 bits per heavy atom. The Morgan fingerprint density at radius 1 is 1.29 bits per heavy atom. The van der Waals surface area contributed by atoms with Crippen molar-refractivity contribution in [2.75, 3.05) is 13.2 Å². The molecule has 3 nitrogen and oxygen atoms in total. The number of hydrogen-bond donors (Lipinski definition) is 1. The van der Waals surface area contributed by atoms with Gasteiger partial charge in [-0.1, -0.05) is 48.5 Å². The van der Waals surface area contributed by atoms with Gasteiger partial charge in [0.15, 0.2) is 0 Å². The van der Waals surface area contributed by atoms with Crippen molar-refractivity contribution in [3.63, 3.8) is 0 Å². The molecule has 110 valence electrons. The molecule has 0 aromatic heterocycles. The van der Waals surface area contributed by atoms with Crippen LogP contribution in [0.1, 0.15) is 19.4 Å². The van der Waals surface area contributed by atoms with Crippen molar-refractivity contribution < 1.29 is 9.53 Å². The maximum Gasteiger partial charge on any atom is 0.330 e. The van der Waals surface area contributed by atoms with Gasteiger partial charge in [0.2, 0.25) is 0 Å². The highest BCUT2D eigenvalue weighted by atomic mass is 16.5. The van der Waals surface area contributed by atoms with E-state index in [0.717, 1.165) is 16.3 Å². The van der Waals surface area contributed by atoms with E-state index in [2.05, 4.69) is 11.9 Å². The Morgan fingerprint density at radius 3 is 2.71 bits per heavy atom. The predicted molar refractivity (Wildman–Crippen MR) is 86.1 cm³/mol. The van der Waals surface area contributed by atoms with Crippen molar-refractivity contribution in [1.29, 1.82) is 0 Å². The number of carbonyl (C=O) groups is 1. The molecule has 3 heteroatoms. The summed E-state index contributed by atoms with van der Waals surface area (Å²) in [5.74, 6) is -0.275. The molecule has 0 heterocycles. The number of esters is 1. The van der Waals surface area contributed by atoms with Crippen molar-refractivity contribution >= 4 is 16.7 Å². The Balaban J connectivity index is 2.57. The lowest BCUT2D eigenvalue weighted by Gasteiger charge is -2.29. The molecule has 0 fully saturated rings. The van der Waals surface area contributed by atoms with Gasteiger partial charge in [-0.2, -0.15) is 0 Å². The second-order valence-corrected chi connectivity index (χ2v) is 5.04. The summed E-state index contributed by atoms with van der Waals surface area (Å²) < 4.78 is 5.27. The van der Waals surface area contributed by atoms with E-state index in [9.17, 15) is 4.79 Å². The predicted octanol–water partition coefficient (Wildman–Crippen LogP) is 3.39. The lowest BCUT2D eigenvalue weighted by molar-refractivity contribution is -0.150. The number of hydrogen-bond acceptors (Lipinski definition) is 3. The number of fused-ring (bicyclic) bond motifs is 1. The van der Waals surface area contributed by atoms with Crippen LogP contribution in [0.5, 0.6) is 0 Å². The maximum absolute atomic E-state index is 12.5. The highest BCUT2D eigenvalue weighted by Gasteiger charge is 2.37. The standard InChI is InChI=1S/C18H21NO2/c1-4-13-19-18(3,17(20)21-5-2)16-12-8-10-14-9-6-7-11-15(14)16/h4,6-12,19H,1,5,13H2,2-3H3. The van der Waals surface area contributed by atoms with Crippen LogP contribution in [0.2, 0.25) is 0 Å². The molecule has 1 unspecified atom stereocenters. The minimum Gasteiger partial charge on any atom is -0.464 e. The Labute approximate surface area is 125 Å². The van der Waals surface area contributed by atoms with E-state index >= 15 is 0 Å². The molecule has 0 saturated carbocycles. The lowest BCUT2D eigenvalue weighted by atomic mass is 9.87. The molecular formula is C18H21NO2. The third-order valence-electron chi connectivity index (χ3n) is 3.61. The Hall–Kier alpha value is -2.13. The average molecular weight is 283 g/mol. The molecule has 21 heavy (non-hydrogen) atoms. The van der Waals surface area contributed by atoms with Crippen LogP contribution in [0.3, 0.4) is 0 Å². The van der Waals surface area contributed by atoms with E-state index < -0.39 is 5.54 Å². The summed E-state index contributed by atoms with van der Waals surface area (Å²) in [6.07, 6.45) is 1.74. The van der Waals surface area contributed by atoms with E-state index in [4.69, 9.17) is 4.74 Å². The van der Waals surface area contributed by atoms with E-state index in [1.165, 1.54) is 0 Å². The molecule has 0 bridgehead atoms. The summed E-state index contributed by atoms with van der Waals surface area (Å²) >= 11 is 0. The van der Waals surface area contributed by atoms with Gasteiger partial charge in [-0.15, -0.1) is 6.58 Å². The van der Waals surface area contributed by atoms with Crippen molar-refractivity contribution in [1.82, 2.24) is 5.32 Å². The first-order valence-corrected chi connectivity index (χ1v) is 7.15. The van der Waals surface area contributed by atoms with Gasteiger partial charge in [0, 0.05) is 6.54 Å². The first-order chi connectivity index (χ1) is 10.1. The Bertz CT molecular complexity index is 645. The molecule has 2 rings (SSSR count). The number of rotatable bonds is 6. The molecule has 2 aromatic rings. The van der Waals surface area contributed by atoms with Crippen molar-refractivity contribution in [2.45, 2.75) is 19.4 Å². The van der Waals surface area contributed by atoms with Crippen LogP contribution in [0.25, 0.3) is 10.8 Å². The topological polar surface area (TPSA) is 38.3 Å². The average Bonchev–Trinajstić information content (AvgIpc) is 2.52. The summed E-state index contributed by atoms with van der Waals surface area (Å²) in [4.78, 5) is 12.5. The summed E-state index contributed by atoms with van der Waals surface area (Å²) in [6.45, 7) is 8.26. The third kappa shape index (κ3) is 2.98. The van der Waals surface area contributed by atoms with Crippen molar-refractivity contribution in [3.05, 3.63) is 60.7 Å². The lowest BCUT2D eigenvalue weighted by Crippen LogP contribution is -2.48. The van der Waals surface area contributed by atoms with E-state index in [1.54, 1.807) is 6.08 Å².